The van der Waals surface area contributed by atoms with E-state index >= 15 is 0 Å². The number of hydrogen-bond donors (Lipinski definition) is 1. The molecular formula is C19H32N4OS. The van der Waals surface area contributed by atoms with Crippen LogP contribution in [-0.2, 0) is 6.54 Å². The lowest BCUT2D eigenvalue weighted by molar-refractivity contribution is 0.261. The molecular weight excluding hydrogens is 332 g/mol. The predicted octanol–water partition coefficient (Wildman–Crippen LogP) is 2.53. The standard InChI is InChI=1S/C19H32N4OS/c1-19(2)15-23(10-12-25-19)18(20-3)21-14-16-7-6-8-17(13-16)24-11-9-22(4)5/h6-8,13H,9-12,14-15H2,1-5H3,(H,20,21). The fourth-order valence-electron chi connectivity index (χ4n) is 2.80. The van der Waals surface area contributed by atoms with E-state index in [1.807, 2.05) is 30.9 Å². The highest BCUT2D eigenvalue weighted by Gasteiger charge is 2.28. The minimum absolute atomic E-state index is 0.274. The predicted molar refractivity (Wildman–Crippen MR) is 109 cm³/mol. The van der Waals surface area contributed by atoms with Gasteiger partial charge in [0, 0.05) is 43.7 Å². The molecule has 1 aliphatic rings. The molecule has 1 heterocycles. The molecule has 0 bridgehead atoms. The fourth-order valence-corrected chi connectivity index (χ4v) is 3.91. The van der Waals surface area contributed by atoms with Crippen LogP contribution in [-0.4, -0.2) is 73.6 Å². The number of ether oxygens (including phenoxy) is 1. The second-order valence-corrected chi connectivity index (χ2v) is 9.03. The van der Waals surface area contributed by atoms with Crippen molar-refractivity contribution in [3.8, 4) is 5.75 Å². The molecule has 1 aliphatic heterocycles. The minimum Gasteiger partial charge on any atom is -0.492 e. The maximum atomic E-state index is 5.82. The zero-order valence-electron chi connectivity index (χ0n) is 16.2. The van der Waals surface area contributed by atoms with Gasteiger partial charge in [0.05, 0.1) is 0 Å². The van der Waals surface area contributed by atoms with Crippen LogP contribution in [0.15, 0.2) is 29.3 Å². The number of likely N-dealkylation sites (N-methyl/N-ethyl adjacent to an activating group) is 1. The maximum absolute atomic E-state index is 5.82. The Hall–Kier alpha value is -1.40. The summed E-state index contributed by atoms with van der Waals surface area (Å²) in [5.41, 5.74) is 1.20. The molecule has 1 aromatic rings. The third kappa shape index (κ3) is 6.78. The first kappa shape index (κ1) is 19.9. The lowest BCUT2D eigenvalue weighted by Crippen LogP contribution is -2.50. The SMILES string of the molecule is CN=C(NCc1cccc(OCCN(C)C)c1)N1CCSC(C)(C)C1. The van der Waals surface area contributed by atoms with E-state index in [-0.39, 0.29) is 4.75 Å². The van der Waals surface area contributed by atoms with Gasteiger partial charge in [0.2, 0.25) is 0 Å². The van der Waals surface area contributed by atoms with E-state index in [4.69, 9.17) is 4.74 Å². The van der Waals surface area contributed by atoms with Gasteiger partial charge in [-0.3, -0.25) is 4.99 Å². The lowest BCUT2D eigenvalue weighted by atomic mass is 10.2. The zero-order valence-corrected chi connectivity index (χ0v) is 17.0. The van der Waals surface area contributed by atoms with Crippen molar-refractivity contribution in [2.24, 2.45) is 4.99 Å². The summed E-state index contributed by atoms with van der Waals surface area (Å²) in [5.74, 6) is 3.04. The summed E-state index contributed by atoms with van der Waals surface area (Å²) in [7, 11) is 5.96. The van der Waals surface area contributed by atoms with Crippen molar-refractivity contribution in [2.45, 2.75) is 25.1 Å². The maximum Gasteiger partial charge on any atom is 0.193 e. The van der Waals surface area contributed by atoms with Crippen molar-refractivity contribution in [3.05, 3.63) is 29.8 Å². The summed E-state index contributed by atoms with van der Waals surface area (Å²) < 4.78 is 6.10. The van der Waals surface area contributed by atoms with Gasteiger partial charge in [-0.1, -0.05) is 12.1 Å². The van der Waals surface area contributed by atoms with Gasteiger partial charge in [-0.15, -0.1) is 0 Å². The lowest BCUT2D eigenvalue weighted by Gasteiger charge is -2.39. The summed E-state index contributed by atoms with van der Waals surface area (Å²) in [6.07, 6.45) is 0. The number of hydrogen-bond acceptors (Lipinski definition) is 4. The van der Waals surface area contributed by atoms with E-state index in [9.17, 15) is 0 Å². The Morgan fingerprint density at radius 2 is 2.20 bits per heavy atom. The normalized spacial score (nSPS) is 17.7. The third-order valence-corrected chi connectivity index (χ3v) is 5.39. The average molecular weight is 365 g/mol. The number of nitrogens with zero attached hydrogens (tertiary/aromatic N) is 3. The molecule has 0 atom stereocenters. The summed E-state index contributed by atoms with van der Waals surface area (Å²) in [6, 6.07) is 8.28. The molecule has 0 saturated carbocycles. The molecule has 5 nitrogen and oxygen atoms in total. The van der Waals surface area contributed by atoms with Crippen LogP contribution >= 0.6 is 11.8 Å². The van der Waals surface area contributed by atoms with Crippen molar-refractivity contribution in [2.75, 3.05) is 53.1 Å². The number of aliphatic imine (C=N–C) groups is 1. The quantitative estimate of drug-likeness (QED) is 0.620. The van der Waals surface area contributed by atoms with Gasteiger partial charge in [0.1, 0.15) is 12.4 Å². The molecule has 1 fully saturated rings. The molecule has 0 amide bonds. The summed E-state index contributed by atoms with van der Waals surface area (Å²) in [5, 5.41) is 3.50. The molecule has 0 spiro atoms. The molecule has 1 saturated heterocycles. The van der Waals surface area contributed by atoms with Crippen LogP contribution in [0.25, 0.3) is 0 Å². The van der Waals surface area contributed by atoms with Crippen LogP contribution in [0.3, 0.4) is 0 Å². The monoisotopic (exact) mass is 364 g/mol. The number of guanidine groups is 1. The zero-order chi connectivity index (χ0) is 18.3. The van der Waals surface area contributed by atoms with E-state index in [0.717, 1.165) is 43.6 Å². The highest BCUT2D eigenvalue weighted by Crippen LogP contribution is 2.29. The molecule has 0 aliphatic carbocycles. The Balaban J connectivity index is 1.89. The van der Waals surface area contributed by atoms with Crippen LogP contribution in [0.4, 0.5) is 0 Å². The number of benzene rings is 1. The summed E-state index contributed by atoms with van der Waals surface area (Å²) in [4.78, 5) is 8.94. The molecule has 2 rings (SSSR count). The van der Waals surface area contributed by atoms with Crippen molar-refractivity contribution < 1.29 is 4.74 Å². The molecule has 25 heavy (non-hydrogen) atoms. The third-order valence-electron chi connectivity index (χ3n) is 4.09. The molecule has 0 unspecified atom stereocenters. The molecule has 140 valence electrons. The number of nitrogens with one attached hydrogen (secondary N) is 1. The van der Waals surface area contributed by atoms with Crippen LogP contribution in [0, 0.1) is 0 Å². The average Bonchev–Trinajstić information content (AvgIpc) is 2.55. The van der Waals surface area contributed by atoms with Gasteiger partial charge in [-0.05, 0) is 45.6 Å². The van der Waals surface area contributed by atoms with Gasteiger partial charge in [0.25, 0.3) is 0 Å². The van der Waals surface area contributed by atoms with Crippen LogP contribution in [0.1, 0.15) is 19.4 Å². The molecule has 1 aromatic carbocycles. The fraction of sp³-hybridized carbons (Fsp3) is 0.632. The van der Waals surface area contributed by atoms with Crippen LogP contribution in [0.5, 0.6) is 5.75 Å². The van der Waals surface area contributed by atoms with Gasteiger partial charge in [0.15, 0.2) is 5.96 Å². The first-order valence-electron chi connectivity index (χ1n) is 8.86. The second-order valence-electron chi connectivity index (χ2n) is 7.23. The first-order chi connectivity index (χ1) is 11.9. The van der Waals surface area contributed by atoms with Crippen LogP contribution < -0.4 is 10.1 Å². The van der Waals surface area contributed by atoms with Crippen LogP contribution in [0.2, 0.25) is 0 Å². The molecule has 0 radical (unpaired) electrons. The van der Waals surface area contributed by atoms with Crippen molar-refractivity contribution >= 4 is 17.7 Å². The Labute approximate surface area is 156 Å². The van der Waals surface area contributed by atoms with Crippen molar-refractivity contribution in [1.29, 1.82) is 0 Å². The summed E-state index contributed by atoms with van der Waals surface area (Å²) >= 11 is 2.03. The number of rotatable bonds is 6. The van der Waals surface area contributed by atoms with Gasteiger partial charge in [-0.25, -0.2) is 0 Å². The first-order valence-corrected chi connectivity index (χ1v) is 9.84. The largest absolute Gasteiger partial charge is 0.492 e. The number of thioether (sulfide) groups is 1. The van der Waals surface area contributed by atoms with E-state index in [2.05, 4.69) is 60.2 Å². The highest BCUT2D eigenvalue weighted by molar-refractivity contribution is 8.00. The Morgan fingerprint density at radius 1 is 1.40 bits per heavy atom. The molecule has 1 N–H and O–H groups in total. The minimum atomic E-state index is 0.274. The van der Waals surface area contributed by atoms with Gasteiger partial charge >= 0.3 is 0 Å². The van der Waals surface area contributed by atoms with Crippen molar-refractivity contribution in [1.82, 2.24) is 15.1 Å². The van der Waals surface area contributed by atoms with Crippen molar-refractivity contribution in [3.63, 3.8) is 0 Å². The van der Waals surface area contributed by atoms with E-state index in [0.29, 0.717) is 6.61 Å². The Morgan fingerprint density at radius 3 is 2.88 bits per heavy atom. The topological polar surface area (TPSA) is 40.1 Å². The van der Waals surface area contributed by atoms with Gasteiger partial charge in [-0.2, -0.15) is 11.8 Å². The molecule has 0 aromatic heterocycles. The summed E-state index contributed by atoms with van der Waals surface area (Å²) in [6.45, 7) is 9.02. The molecule has 6 heteroatoms. The van der Waals surface area contributed by atoms with Gasteiger partial charge < -0.3 is 19.9 Å². The van der Waals surface area contributed by atoms with E-state index in [1.165, 1.54) is 5.56 Å². The Kier molecular flexibility index (Phi) is 7.44. The van der Waals surface area contributed by atoms with E-state index in [1.54, 1.807) is 0 Å². The highest BCUT2D eigenvalue weighted by atomic mass is 32.2. The van der Waals surface area contributed by atoms with E-state index < -0.39 is 0 Å². The smallest absolute Gasteiger partial charge is 0.193 e. The Bertz CT molecular complexity index is 574. The second kappa shape index (κ2) is 9.34.